The zero-order chi connectivity index (χ0) is 15.4. The Balaban J connectivity index is 2.38. The van der Waals surface area contributed by atoms with E-state index in [1.54, 1.807) is 0 Å². The van der Waals surface area contributed by atoms with E-state index in [1.807, 2.05) is 32.0 Å². The normalized spacial score (nSPS) is 10.4. The molecule has 2 rings (SSSR count). The molecule has 0 aliphatic heterocycles. The Morgan fingerprint density at radius 3 is 2.33 bits per heavy atom. The number of amides is 1. The average molecular weight is 287 g/mol. The van der Waals surface area contributed by atoms with Gasteiger partial charge in [-0.1, -0.05) is 32.0 Å². The van der Waals surface area contributed by atoms with E-state index in [1.165, 1.54) is 6.07 Å². The fraction of sp³-hybridized carbons (Fsp3) is 0.235. The minimum atomic E-state index is -0.558. The van der Waals surface area contributed by atoms with Crippen molar-refractivity contribution in [2.45, 2.75) is 26.7 Å². The zero-order valence-corrected chi connectivity index (χ0v) is 12.1. The molecule has 0 fully saturated rings. The number of phenolic OH excluding ortho intramolecular Hbond substituents is 1. The van der Waals surface area contributed by atoms with Gasteiger partial charge in [0.1, 0.15) is 11.6 Å². The first-order valence-corrected chi connectivity index (χ1v) is 6.97. The summed E-state index contributed by atoms with van der Waals surface area (Å²) in [6, 6.07) is 9.17. The second kappa shape index (κ2) is 6.39. The molecule has 0 aromatic heterocycles. The Hall–Kier alpha value is -2.36. The fourth-order valence-electron chi connectivity index (χ4n) is 2.27. The van der Waals surface area contributed by atoms with Gasteiger partial charge in [0.2, 0.25) is 0 Å². The third-order valence-electron chi connectivity index (χ3n) is 3.44. The maximum Gasteiger partial charge on any atom is 0.259 e. The van der Waals surface area contributed by atoms with Crippen LogP contribution in [0.2, 0.25) is 0 Å². The first kappa shape index (κ1) is 15.0. The number of hydrogen-bond donors (Lipinski definition) is 2. The van der Waals surface area contributed by atoms with Gasteiger partial charge < -0.3 is 10.4 Å². The van der Waals surface area contributed by atoms with Gasteiger partial charge in [-0.2, -0.15) is 0 Å². The molecule has 0 aliphatic rings. The van der Waals surface area contributed by atoms with Crippen molar-refractivity contribution in [2.75, 3.05) is 5.32 Å². The molecule has 2 N–H and O–H groups in total. The number of para-hydroxylation sites is 1. The molecule has 110 valence electrons. The summed E-state index contributed by atoms with van der Waals surface area (Å²) in [6.45, 7) is 4.01. The summed E-state index contributed by atoms with van der Waals surface area (Å²) in [5.74, 6) is -1.30. The van der Waals surface area contributed by atoms with Crippen LogP contribution >= 0.6 is 0 Å². The zero-order valence-electron chi connectivity index (χ0n) is 12.1. The average Bonchev–Trinajstić information content (AvgIpc) is 2.49. The maximum atomic E-state index is 13.2. The van der Waals surface area contributed by atoms with Gasteiger partial charge in [-0.3, -0.25) is 4.79 Å². The molecule has 0 atom stereocenters. The Morgan fingerprint density at radius 2 is 1.76 bits per heavy atom. The summed E-state index contributed by atoms with van der Waals surface area (Å²) in [7, 11) is 0. The van der Waals surface area contributed by atoms with E-state index in [2.05, 4.69) is 5.32 Å². The van der Waals surface area contributed by atoms with E-state index in [0.29, 0.717) is 0 Å². The molecule has 0 spiro atoms. The number of anilines is 1. The van der Waals surface area contributed by atoms with Crippen LogP contribution in [0.25, 0.3) is 0 Å². The van der Waals surface area contributed by atoms with Crippen molar-refractivity contribution in [3.8, 4) is 5.75 Å². The van der Waals surface area contributed by atoms with Crippen molar-refractivity contribution >= 4 is 11.6 Å². The van der Waals surface area contributed by atoms with Crippen LogP contribution in [0, 0.1) is 5.82 Å². The predicted octanol–water partition coefficient (Wildman–Crippen LogP) is 3.91. The molecule has 0 radical (unpaired) electrons. The van der Waals surface area contributed by atoms with Crippen molar-refractivity contribution in [3.05, 3.63) is 58.9 Å². The molecular formula is C17H18FNO2. The van der Waals surface area contributed by atoms with Crippen LogP contribution in [-0.4, -0.2) is 11.0 Å². The standard InChI is InChI=1S/C17H18FNO2/c1-3-11-6-5-7-12(4-2)16(11)19-17(21)14-10-13(18)8-9-15(14)20/h5-10,20H,3-4H2,1-2H3,(H,19,21). The van der Waals surface area contributed by atoms with Gasteiger partial charge in [0.05, 0.1) is 5.56 Å². The minimum Gasteiger partial charge on any atom is -0.507 e. The highest BCUT2D eigenvalue weighted by molar-refractivity contribution is 6.06. The molecular weight excluding hydrogens is 269 g/mol. The van der Waals surface area contributed by atoms with Gasteiger partial charge >= 0.3 is 0 Å². The summed E-state index contributed by atoms with van der Waals surface area (Å²) < 4.78 is 13.2. The number of nitrogens with one attached hydrogen (secondary N) is 1. The lowest BCUT2D eigenvalue weighted by Gasteiger charge is -2.15. The first-order valence-electron chi connectivity index (χ1n) is 6.97. The van der Waals surface area contributed by atoms with Crippen LogP contribution in [0.4, 0.5) is 10.1 Å². The van der Waals surface area contributed by atoms with Gasteiger partial charge in [-0.25, -0.2) is 4.39 Å². The monoisotopic (exact) mass is 287 g/mol. The summed E-state index contributed by atoms with van der Waals surface area (Å²) in [5, 5.41) is 12.5. The number of rotatable bonds is 4. The molecule has 2 aromatic rings. The lowest BCUT2D eigenvalue weighted by molar-refractivity contribution is 0.102. The number of aryl methyl sites for hydroxylation is 2. The van der Waals surface area contributed by atoms with Crippen LogP contribution in [0.1, 0.15) is 35.3 Å². The summed E-state index contributed by atoms with van der Waals surface area (Å²) in [4.78, 5) is 12.3. The molecule has 1 amide bonds. The Morgan fingerprint density at radius 1 is 1.14 bits per heavy atom. The van der Waals surface area contributed by atoms with Crippen molar-refractivity contribution in [3.63, 3.8) is 0 Å². The SMILES string of the molecule is CCc1cccc(CC)c1NC(=O)c1cc(F)ccc1O. The van der Waals surface area contributed by atoms with Crippen LogP contribution in [0.15, 0.2) is 36.4 Å². The maximum absolute atomic E-state index is 13.2. The van der Waals surface area contributed by atoms with E-state index >= 15 is 0 Å². The van der Waals surface area contributed by atoms with Gasteiger partial charge in [-0.05, 0) is 42.2 Å². The quantitative estimate of drug-likeness (QED) is 0.895. The molecule has 0 heterocycles. The number of benzene rings is 2. The predicted molar refractivity (Wildman–Crippen MR) is 81.2 cm³/mol. The smallest absolute Gasteiger partial charge is 0.259 e. The van der Waals surface area contributed by atoms with Crippen LogP contribution in [0.3, 0.4) is 0 Å². The molecule has 4 heteroatoms. The molecule has 0 unspecified atom stereocenters. The van der Waals surface area contributed by atoms with E-state index in [9.17, 15) is 14.3 Å². The summed E-state index contributed by atoms with van der Waals surface area (Å²) in [6.07, 6.45) is 1.55. The highest BCUT2D eigenvalue weighted by Gasteiger charge is 2.15. The number of phenols is 1. The molecule has 0 aliphatic carbocycles. The molecule has 3 nitrogen and oxygen atoms in total. The van der Waals surface area contributed by atoms with Crippen molar-refractivity contribution < 1.29 is 14.3 Å². The molecule has 0 bridgehead atoms. The number of aromatic hydroxyl groups is 1. The Kier molecular flexibility index (Phi) is 4.58. The van der Waals surface area contributed by atoms with Gasteiger partial charge in [-0.15, -0.1) is 0 Å². The highest BCUT2D eigenvalue weighted by atomic mass is 19.1. The van der Waals surface area contributed by atoms with Gasteiger partial charge in [0.25, 0.3) is 5.91 Å². The topological polar surface area (TPSA) is 49.3 Å². The number of halogens is 1. The molecule has 0 saturated carbocycles. The van der Waals surface area contributed by atoms with Gasteiger partial charge in [0.15, 0.2) is 0 Å². The van der Waals surface area contributed by atoms with Crippen molar-refractivity contribution in [1.29, 1.82) is 0 Å². The van der Waals surface area contributed by atoms with E-state index in [-0.39, 0.29) is 11.3 Å². The lowest BCUT2D eigenvalue weighted by atomic mass is 10.0. The first-order chi connectivity index (χ1) is 10.1. The second-order valence-electron chi connectivity index (χ2n) is 4.77. The Bertz CT molecular complexity index is 646. The van der Waals surface area contributed by atoms with Crippen LogP contribution < -0.4 is 5.32 Å². The van der Waals surface area contributed by atoms with Crippen LogP contribution in [-0.2, 0) is 12.8 Å². The third-order valence-corrected chi connectivity index (χ3v) is 3.44. The second-order valence-corrected chi connectivity index (χ2v) is 4.77. The highest BCUT2D eigenvalue weighted by Crippen LogP contribution is 2.25. The largest absolute Gasteiger partial charge is 0.507 e. The lowest BCUT2D eigenvalue weighted by Crippen LogP contribution is -2.15. The van der Waals surface area contributed by atoms with Crippen LogP contribution in [0.5, 0.6) is 5.75 Å². The Labute approximate surface area is 123 Å². The number of carbonyl (C=O) groups excluding carboxylic acids is 1. The summed E-state index contributed by atoms with van der Waals surface area (Å²) in [5.41, 5.74) is 2.70. The fourth-order valence-corrected chi connectivity index (χ4v) is 2.27. The minimum absolute atomic E-state index is 0.0667. The van der Waals surface area contributed by atoms with E-state index in [0.717, 1.165) is 41.8 Å². The van der Waals surface area contributed by atoms with Crippen molar-refractivity contribution in [1.82, 2.24) is 0 Å². The third kappa shape index (κ3) is 3.21. The van der Waals surface area contributed by atoms with Crippen molar-refractivity contribution in [2.24, 2.45) is 0 Å². The number of carbonyl (C=O) groups is 1. The molecule has 21 heavy (non-hydrogen) atoms. The van der Waals surface area contributed by atoms with Gasteiger partial charge in [0, 0.05) is 5.69 Å². The molecule has 2 aromatic carbocycles. The number of hydrogen-bond acceptors (Lipinski definition) is 2. The molecule has 0 saturated heterocycles. The summed E-state index contributed by atoms with van der Waals surface area (Å²) >= 11 is 0. The van der Waals surface area contributed by atoms with E-state index < -0.39 is 11.7 Å². The van der Waals surface area contributed by atoms with E-state index in [4.69, 9.17) is 0 Å².